The molecule has 8 heteroatoms. The lowest BCUT2D eigenvalue weighted by atomic mass is 10.1. The first-order chi connectivity index (χ1) is 15.7. The summed E-state index contributed by atoms with van der Waals surface area (Å²) in [5.74, 6) is -0.252. The van der Waals surface area contributed by atoms with Gasteiger partial charge < -0.3 is 10.1 Å². The second-order valence-electron chi connectivity index (χ2n) is 7.22. The van der Waals surface area contributed by atoms with Gasteiger partial charge in [-0.25, -0.2) is 0 Å². The highest BCUT2D eigenvalue weighted by Crippen LogP contribution is 2.36. The van der Waals surface area contributed by atoms with Crippen molar-refractivity contribution in [2.45, 2.75) is 20.5 Å². The molecule has 0 aliphatic rings. The van der Waals surface area contributed by atoms with Gasteiger partial charge in [0.2, 0.25) is 0 Å². The Morgan fingerprint density at radius 2 is 1.70 bits per heavy atom. The molecule has 0 unspecified atom stereocenters. The van der Waals surface area contributed by atoms with Crippen LogP contribution in [0.2, 0.25) is 20.1 Å². The molecule has 0 aliphatic heterocycles. The molecule has 0 bridgehead atoms. The van der Waals surface area contributed by atoms with Crippen LogP contribution in [-0.2, 0) is 11.4 Å². The first kappa shape index (κ1) is 25.0. The van der Waals surface area contributed by atoms with Crippen molar-refractivity contribution >= 4 is 64.1 Å². The zero-order chi connectivity index (χ0) is 24.1. The third kappa shape index (κ3) is 6.22. The fraction of sp³-hybridized carbons (Fsp3) is 0.120. The fourth-order valence-corrected chi connectivity index (χ4v) is 3.91. The van der Waals surface area contributed by atoms with Crippen LogP contribution < -0.4 is 10.1 Å². The minimum atomic E-state index is -0.529. The number of halogens is 4. The van der Waals surface area contributed by atoms with Crippen LogP contribution in [0, 0.1) is 25.2 Å². The van der Waals surface area contributed by atoms with E-state index in [9.17, 15) is 10.1 Å². The minimum absolute atomic E-state index is 0.0903. The SMILES string of the molecule is Cc1cccc(NC(=O)/C(C#N)=C/c2cc(Cl)c(OCc3ccc(Cl)c(Cl)c3)c(Cl)c2)c1C. The topological polar surface area (TPSA) is 62.1 Å². The van der Waals surface area contributed by atoms with E-state index in [1.807, 2.05) is 32.0 Å². The molecule has 0 spiro atoms. The highest BCUT2D eigenvalue weighted by Gasteiger charge is 2.14. The lowest BCUT2D eigenvalue weighted by Gasteiger charge is -2.12. The predicted molar refractivity (Wildman–Crippen MR) is 135 cm³/mol. The van der Waals surface area contributed by atoms with Crippen LogP contribution in [0.1, 0.15) is 22.3 Å². The van der Waals surface area contributed by atoms with Crippen LogP contribution >= 0.6 is 46.4 Å². The van der Waals surface area contributed by atoms with Crippen molar-refractivity contribution in [2.24, 2.45) is 0 Å². The van der Waals surface area contributed by atoms with Crippen molar-refractivity contribution in [1.82, 2.24) is 0 Å². The van der Waals surface area contributed by atoms with E-state index in [-0.39, 0.29) is 28.0 Å². The Bertz CT molecular complexity index is 1270. The molecule has 3 aromatic rings. The monoisotopic (exact) mass is 518 g/mol. The molecule has 4 nitrogen and oxygen atoms in total. The average Bonchev–Trinajstić information content (AvgIpc) is 2.77. The van der Waals surface area contributed by atoms with E-state index in [0.29, 0.717) is 21.3 Å². The quantitative estimate of drug-likeness (QED) is 0.264. The van der Waals surface area contributed by atoms with Crippen LogP contribution in [0.4, 0.5) is 5.69 Å². The summed E-state index contributed by atoms with van der Waals surface area (Å²) < 4.78 is 5.76. The van der Waals surface area contributed by atoms with Crippen LogP contribution in [0.25, 0.3) is 6.08 Å². The number of amides is 1. The molecule has 0 radical (unpaired) electrons. The molecule has 0 aromatic heterocycles. The number of anilines is 1. The fourth-order valence-electron chi connectivity index (χ4n) is 2.98. The van der Waals surface area contributed by atoms with Gasteiger partial charge in [-0.15, -0.1) is 0 Å². The molecule has 0 aliphatic carbocycles. The highest BCUT2D eigenvalue weighted by molar-refractivity contribution is 6.42. The van der Waals surface area contributed by atoms with Crippen molar-refractivity contribution in [3.63, 3.8) is 0 Å². The maximum absolute atomic E-state index is 12.6. The van der Waals surface area contributed by atoms with Gasteiger partial charge in [0.1, 0.15) is 18.2 Å². The predicted octanol–water partition coefficient (Wildman–Crippen LogP) is 8.04. The van der Waals surface area contributed by atoms with E-state index in [4.69, 9.17) is 51.1 Å². The number of hydrogen-bond acceptors (Lipinski definition) is 3. The normalized spacial score (nSPS) is 11.1. The Labute approximate surface area is 212 Å². The summed E-state index contributed by atoms with van der Waals surface area (Å²) in [6.07, 6.45) is 1.42. The molecule has 168 valence electrons. The van der Waals surface area contributed by atoms with E-state index in [2.05, 4.69) is 5.32 Å². The van der Waals surface area contributed by atoms with E-state index in [1.54, 1.807) is 36.4 Å². The maximum atomic E-state index is 12.6. The lowest BCUT2D eigenvalue weighted by Crippen LogP contribution is -2.14. The number of rotatable bonds is 6. The second-order valence-corrected chi connectivity index (χ2v) is 8.85. The minimum Gasteiger partial charge on any atom is -0.486 e. The summed E-state index contributed by atoms with van der Waals surface area (Å²) in [6.45, 7) is 4.02. The lowest BCUT2D eigenvalue weighted by molar-refractivity contribution is -0.112. The van der Waals surface area contributed by atoms with Gasteiger partial charge in [-0.1, -0.05) is 64.6 Å². The second kappa shape index (κ2) is 11.0. The summed E-state index contributed by atoms with van der Waals surface area (Å²) in [5.41, 5.74) is 3.79. The number of aryl methyl sites for hydroxylation is 1. The molecule has 0 heterocycles. The van der Waals surface area contributed by atoms with E-state index < -0.39 is 5.91 Å². The number of nitrogens with zero attached hydrogens (tertiary/aromatic N) is 1. The van der Waals surface area contributed by atoms with Crippen molar-refractivity contribution in [2.75, 3.05) is 5.32 Å². The van der Waals surface area contributed by atoms with E-state index >= 15 is 0 Å². The Balaban J connectivity index is 1.79. The first-order valence-corrected chi connectivity index (χ1v) is 11.3. The van der Waals surface area contributed by atoms with Gasteiger partial charge >= 0.3 is 0 Å². The zero-order valence-electron chi connectivity index (χ0n) is 17.7. The summed E-state index contributed by atoms with van der Waals surface area (Å²) in [4.78, 5) is 12.6. The van der Waals surface area contributed by atoms with Crippen molar-refractivity contribution in [3.05, 3.63) is 96.4 Å². The Morgan fingerprint density at radius 1 is 1.00 bits per heavy atom. The Kier molecular flexibility index (Phi) is 8.29. The molecule has 0 saturated carbocycles. The molecule has 33 heavy (non-hydrogen) atoms. The first-order valence-electron chi connectivity index (χ1n) is 9.74. The van der Waals surface area contributed by atoms with Crippen LogP contribution in [0.15, 0.2) is 54.1 Å². The van der Waals surface area contributed by atoms with Gasteiger partial charge in [-0.2, -0.15) is 5.26 Å². The number of benzene rings is 3. The summed E-state index contributed by atoms with van der Waals surface area (Å²) >= 11 is 24.7. The molecule has 0 saturated heterocycles. The molecule has 3 rings (SSSR count). The third-order valence-corrected chi connectivity index (χ3v) is 6.22. The Morgan fingerprint density at radius 3 is 2.33 bits per heavy atom. The zero-order valence-corrected chi connectivity index (χ0v) is 20.7. The molecule has 3 aromatic carbocycles. The van der Waals surface area contributed by atoms with E-state index in [1.165, 1.54) is 6.08 Å². The standard InChI is InChI=1S/C25H18Cl4N2O2/c1-14-4-3-5-23(15(14)2)31-25(32)18(12-30)8-17-10-21(28)24(22(29)11-17)33-13-16-6-7-19(26)20(27)9-16/h3-11H,13H2,1-2H3,(H,31,32)/b18-8+. The van der Waals surface area contributed by atoms with Crippen molar-refractivity contribution in [1.29, 1.82) is 5.26 Å². The molecule has 0 atom stereocenters. The molecule has 1 amide bonds. The summed E-state index contributed by atoms with van der Waals surface area (Å²) in [5, 5.41) is 13.6. The number of nitriles is 1. The molecule has 0 fully saturated rings. The summed E-state index contributed by atoms with van der Waals surface area (Å²) in [7, 11) is 0. The number of carbonyl (C=O) groups excluding carboxylic acids is 1. The highest BCUT2D eigenvalue weighted by atomic mass is 35.5. The largest absolute Gasteiger partial charge is 0.486 e. The van der Waals surface area contributed by atoms with Crippen LogP contribution in [0.3, 0.4) is 0 Å². The van der Waals surface area contributed by atoms with Crippen molar-refractivity contribution < 1.29 is 9.53 Å². The average molecular weight is 520 g/mol. The van der Waals surface area contributed by atoms with Gasteiger partial charge in [0, 0.05) is 5.69 Å². The number of hydrogen-bond donors (Lipinski definition) is 1. The van der Waals surface area contributed by atoms with Gasteiger partial charge in [-0.3, -0.25) is 4.79 Å². The Hall–Kier alpha value is -2.68. The van der Waals surface area contributed by atoms with Gasteiger partial charge in [-0.05, 0) is 72.5 Å². The van der Waals surface area contributed by atoms with Crippen LogP contribution in [-0.4, -0.2) is 5.91 Å². The molecule has 1 N–H and O–H groups in total. The van der Waals surface area contributed by atoms with E-state index in [0.717, 1.165) is 16.7 Å². The van der Waals surface area contributed by atoms with Gasteiger partial charge in [0.25, 0.3) is 5.91 Å². The van der Waals surface area contributed by atoms with Gasteiger partial charge in [0.05, 0.1) is 20.1 Å². The molecular weight excluding hydrogens is 502 g/mol. The van der Waals surface area contributed by atoms with Gasteiger partial charge in [0.15, 0.2) is 5.75 Å². The number of nitrogens with one attached hydrogen (secondary N) is 1. The van der Waals surface area contributed by atoms with Crippen molar-refractivity contribution in [3.8, 4) is 11.8 Å². The molecular formula is C25H18Cl4N2O2. The van der Waals surface area contributed by atoms with Crippen LogP contribution in [0.5, 0.6) is 5.75 Å². The third-order valence-electron chi connectivity index (χ3n) is 4.92. The number of ether oxygens (including phenoxy) is 1. The number of carbonyl (C=O) groups is 1. The summed E-state index contributed by atoms with van der Waals surface area (Å²) in [6, 6.07) is 15.8. The maximum Gasteiger partial charge on any atom is 0.266 e. The smallest absolute Gasteiger partial charge is 0.266 e.